The predicted molar refractivity (Wildman–Crippen MR) is 190 cm³/mol. The Morgan fingerprint density at radius 3 is 2.16 bits per heavy atom. The van der Waals surface area contributed by atoms with Gasteiger partial charge in [-0.3, -0.25) is 9.69 Å². The standard InChI is InChI=1S/C41H46N2O6/c1-5-6-10-28-13-15-30(16-14-28)27-48-35-22-21-33-25-37(43(26-34(33)24-35)40(47)49-41(2,3)4)38(44)42-36(39(45)46)23-29-17-19-32(20-18-29)31-11-8-7-9-12-31/h7-9,11-22,24,36-37H,5-6,10,23,25-27H2,1-4H3,(H,42,44)(H,45,46)/t36-,37?/m0/s1. The summed E-state index contributed by atoms with van der Waals surface area (Å²) < 4.78 is 11.8. The van der Waals surface area contributed by atoms with Crippen molar-refractivity contribution in [2.75, 3.05) is 0 Å². The van der Waals surface area contributed by atoms with Crippen LogP contribution in [0.5, 0.6) is 5.75 Å². The zero-order valence-corrected chi connectivity index (χ0v) is 28.8. The Labute approximate surface area is 289 Å². The van der Waals surface area contributed by atoms with E-state index in [9.17, 15) is 19.5 Å². The van der Waals surface area contributed by atoms with Gasteiger partial charge in [-0.05, 0) is 84.7 Å². The Bertz CT molecular complexity index is 1730. The van der Waals surface area contributed by atoms with Crippen LogP contribution >= 0.6 is 0 Å². The zero-order valence-electron chi connectivity index (χ0n) is 28.8. The van der Waals surface area contributed by atoms with Crippen molar-refractivity contribution in [2.45, 2.75) is 90.6 Å². The van der Waals surface area contributed by atoms with Crippen molar-refractivity contribution in [3.63, 3.8) is 0 Å². The second kappa shape index (κ2) is 15.9. The second-order valence-electron chi connectivity index (χ2n) is 13.6. The highest BCUT2D eigenvalue weighted by Crippen LogP contribution is 2.29. The summed E-state index contributed by atoms with van der Waals surface area (Å²) in [4.78, 5) is 41.0. The first kappa shape index (κ1) is 35.2. The van der Waals surface area contributed by atoms with Crippen LogP contribution in [0.15, 0.2) is 97.1 Å². The third kappa shape index (κ3) is 9.72. The van der Waals surface area contributed by atoms with E-state index in [-0.39, 0.29) is 19.4 Å². The summed E-state index contributed by atoms with van der Waals surface area (Å²) in [5, 5.41) is 12.8. The number of ether oxygens (including phenoxy) is 2. The lowest BCUT2D eigenvalue weighted by molar-refractivity contribution is -0.142. The van der Waals surface area contributed by atoms with Crippen LogP contribution in [0.1, 0.15) is 68.4 Å². The number of fused-ring (bicyclic) bond motifs is 1. The van der Waals surface area contributed by atoms with Gasteiger partial charge >= 0.3 is 12.1 Å². The van der Waals surface area contributed by atoms with Crippen molar-refractivity contribution in [1.29, 1.82) is 0 Å². The molecule has 0 radical (unpaired) electrons. The van der Waals surface area contributed by atoms with E-state index < -0.39 is 35.7 Å². The molecule has 1 aliphatic heterocycles. The average molecular weight is 663 g/mol. The summed E-state index contributed by atoms with van der Waals surface area (Å²) in [5.74, 6) is -1.05. The molecule has 0 spiro atoms. The molecule has 0 aliphatic carbocycles. The molecule has 0 aromatic heterocycles. The Balaban J connectivity index is 1.29. The fourth-order valence-electron chi connectivity index (χ4n) is 5.91. The number of aliphatic carboxylic acids is 1. The van der Waals surface area contributed by atoms with Crippen molar-refractivity contribution in [2.24, 2.45) is 0 Å². The fourth-order valence-corrected chi connectivity index (χ4v) is 5.91. The first-order chi connectivity index (χ1) is 23.5. The highest BCUT2D eigenvalue weighted by atomic mass is 16.6. The number of amides is 2. The van der Waals surface area contributed by atoms with Gasteiger partial charge in [0.15, 0.2) is 0 Å². The quantitative estimate of drug-likeness (QED) is 0.161. The van der Waals surface area contributed by atoms with Crippen molar-refractivity contribution in [3.05, 3.63) is 125 Å². The van der Waals surface area contributed by atoms with E-state index in [1.54, 1.807) is 20.8 Å². The first-order valence-corrected chi connectivity index (χ1v) is 17.0. The molecule has 0 fully saturated rings. The molecule has 49 heavy (non-hydrogen) atoms. The SMILES string of the molecule is CCCCc1ccc(COc2ccc3c(c2)CN(C(=O)OC(C)(C)C)C(C(=O)N[C@@H](Cc2ccc(-c4ccccc4)cc2)C(=O)O)C3)cc1. The molecule has 5 rings (SSSR count). The molecule has 0 saturated carbocycles. The number of nitrogens with zero attached hydrogens (tertiary/aromatic N) is 1. The number of unbranched alkanes of at least 4 members (excludes halogenated alkanes) is 1. The van der Waals surface area contributed by atoms with Crippen LogP contribution in [0.3, 0.4) is 0 Å². The van der Waals surface area contributed by atoms with Crippen LogP contribution in [0.25, 0.3) is 11.1 Å². The van der Waals surface area contributed by atoms with Crippen molar-refractivity contribution in [3.8, 4) is 16.9 Å². The number of carboxylic acids is 1. The van der Waals surface area contributed by atoms with E-state index in [0.29, 0.717) is 12.4 Å². The van der Waals surface area contributed by atoms with E-state index in [0.717, 1.165) is 52.6 Å². The topological polar surface area (TPSA) is 105 Å². The maximum Gasteiger partial charge on any atom is 0.411 e. The van der Waals surface area contributed by atoms with E-state index in [1.807, 2.05) is 72.8 Å². The summed E-state index contributed by atoms with van der Waals surface area (Å²) in [7, 11) is 0. The van der Waals surface area contributed by atoms with Gasteiger partial charge in [-0.15, -0.1) is 0 Å². The zero-order chi connectivity index (χ0) is 35.0. The number of rotatable bonds is 12. The van der Waals surface area contributed by atoms with Crippen LogP contribution in [-0.4, -0.2) is 45.7 Å². The molecule has 8 nitrogen and oxygen atoms in total. The normalized spacial score (nSPS) is 14.8. The molecule has 2 amide bonds. The van der Waals surface area contributed by atoms with Crippen molar-refractivity contribution < 1.29 is 29.0 Å². The maximum atomic E-state index is 13.8. The Hall–Kier alpha value is -5.11. The summed E-state index contributed by atoms with van der Waals surface area (Å²) in [6.07, 6.45) is 3.05. The minimum atomic E-state index is -1.19. The number of carbonyl (C=O) groups excluding carboxylic acids is 2. The maximum absolute atomic E-state index is 13.8. The molecule has 1 aliphatic rings. The van der Waals surface area contributed by atoms with Crippen LogP contribution in [0.2, 0.25) is 0 Å². The van der Waals surface area contributed by atoms with Crippen LogP contribution < -0.4 is 10.1 Å². The monoisotopic (exact) mass is 662 g/mol. The molecule has 2 atom stereocenters. The summed E-state index contributed by atoms with van der Waals surface area (Å²) in [6, 6.07) is 29.5. The first-order valence-electron chi connectivity index (χ1n) is 17.0. The van der Waals surface area contributed by atoms with Gasteiger partial charge in [0.25, 0.3) is 0 Å². The Morgan fingerprint density at radius 1 is 0.857 bits per heavy atom. The summed E-state index contributed by atoms with van der Waals surface area (Å²) in [5.41, 5.74) is 6.15. The number of carbonyl (C=O) groups is 3. The smallest absolute Gasteiger partial charge is 0.411 e. The largest absolute Gasteiger partial charge is 0.489 e. The number of aryl methyl sites for hydroxylation is 1. The lowest BCUT2D eigenvalue weighted by Gasteiger charge is -2.37. The molecular weight excluding hydrogens is 616 g/mol. The molecule has 4 aromatic carbocycles. The fraction of sp³-hybridized carbons (Fsp3) is 0.341. The van der Waals surface area contributed by atoms with E-state index >= 15 is 0 Å². The average Bonchev–Trinajstić information content (AvgIpc) is 3.09. The van der Waals surface area contributed by atoms with Crippen LogP contribution in [0.4, 0.5) is 4.79 Å². The number of hydrogen-bond donors (Lipinski definition) is 2. The lowest BCUT2D eigenvalue weighted by Crippen LogP contribution is -2.56. The number of carboxylic acid groups (broad SMARTS) is 1. The van der Waals surface area contributed by atoms with E-state index in [1.165, 1.54) is 10.5 Å². The molecule has 256 valence electrons. The molecule has 0 bridgehead atoms. The third-order valence-corrected chi connectivity index (χ3v) is 8.60. The van der Waals surface area contributed by atoms with Crippen LogP contribution in [-0.2, 0) is 46.7 Å². The van der Waals surface area contributed by atoms with Gasteiger partial charge in [0.2, 0.25) is 5.91 Å². The van der Waals surface area contributed by atoms with Gasteiger partial charge in [0.1, 0.15) is 30.0 Å². The minimum Gasteiger partial charge on any atom is -0.489 e. The minimum absolute atomic E-state index is 0.0913. The predicted octanol–water partition coefficient (Wildman–Crippen LogP) is 7.75. The molecule has 1 heterocycles. The number of hydrogen-bond acceptors (Lipinski definition) is 5. The van der Waals surface area contributed by atoms with Crippen LogP contribution in [0, 0.1) is 0 Å². The molecule has 8 heteroatoms. The van der Waals surface area contributed by atoms with Gasteiger partial charge in [-0.25, -0.2) is 9.59 Å². The van der Waals surface area contributed by atoms with Gasteiger partial charge in [0.05, 0.1) is 6.54 Å². The Morgan fingerprint density at radius 2 is 1.51 bits per heavy atom. The van der Waals surface area contributed by atoms with Gasteiger partial charge in [-0.1, -0.05) is 98.3 Å². The molecule has 1 unspecified atom stereocenters. The third-order valence-electron chi connectivity index (χ3n) is 8.60. The van der Waals surface area contributed by atoms with Gasteiger partial charge in [-0.2, -0.15) is 0 Å². The molecule has 4 aromatic rings. The van der Waals surface area contributed by atoms with Crippen molar-refractivity contribution in [1.82, 2.24) is 10.2 Å². The molecular formula is C41H46N2O6. The molecule has 2 N–H and O–H groups in total. The van der Waals surface area contributed by atoms with Gasteiger partial charge in [0, 0.05) is 12.8 Å². The summed E-state index contributed by atoms with van der Waals surface area (Å²) >= 11 is 0. The second-order valence-corrected chi connectivity index (χ2v) is 13.6. The number of benzene rings is 4. The lowest BCUT2D eigenvalue weighted by atomic mass is 9.93. The molecule has 0 saturated heterocycles. The van der Waals surface area contributed by atoms with Crippen molar-refractivity contribution >= 4 is 18.0 Å². The summed E-state index contributed by atoms with van der Waals surface area (Å²) in [6.45, 7) is 8.01. The number of nitrogens with one attached hydrogen (secondary N) is 1. The highest BCUT2D eigenvalue weighted by Gasteiger charge is 2.38. The van der Waals surface area contributed by atoms with E-state index in [2.05, 4.69) is 36.5 Å². The highest BCUT2D eigenvalue weighted by molar-refractivity contribution is 5.90. The van der Waals surface area contributed by atoms with Gasteiger partial charge < -0.3 is 19.9 Å². The Kier molecular flexibility index (Phi) is 11.4. The van der Waals surface area contributed by atoms with E-state index in [4.69, 9.17) is 9.47 Å².